The van der Waals surface area contributed by atoms with E-state index in [0.29, 0.717) is 0 Å². The summed E-state index contributed by atoms with van der Waals surface area (Å²) in [5.74, 6) is 0.0175. The minimum absolute atomic E-state index is 0.213. The molecular formula is C16H21ClFN3. The molecule has 0 bridgehead atoms. The van der Waals surface area contributed by atoms with Gasteiger partial charge in [0, 0.05) is 19.0 Å². The van der Waals surface area contributed by atoms with Gasteiger partial charge in [-0.1, -0.05) is 23.7 Å². The van der Waals surface area contributed by atoms with Crippen LogP contribution in [-0.4, -0.2) is 23.4 Å². The van der Waals surface area contributed by atoms with Gasteiger partial charge in [-0.25, -0.2) is 4.39 Å². The van der Waals surface area contributed by atoms with Gasteiger partial charge in [-0.2, -0.15) is 5.10 Å². The molecule has 1 aromatic heterocycles. The molecule has 0 aliphatic heterocycles. The maximum absolute atomic E-state index is 13.1. The number of nitrogens with one attached hydrogen (secondary N) is 1. The summed E-state index contributed by atoms with van der Waals surface area (Å²) in [4.78, 5) is 0. The summed E-state index contributed by atoms with van der Waals surface area (Å²) in [6.07, 6.45) is 0.778. The Bertz CT molecular complexity index is 592. The second kappa shape index (κ2) is 7.05. The van der Waals surface area contributed by atoms with Crippen LogP contribution in [0.25, 0.3) is 0 Å². The van der Waals surface area contributed by atoms with Crippen LogP contribution in [0.5, 0.6) is 0 Å². The van der Waals surface area contributed by atoms with E-state index in [4.69, 9.17) is 11.6 Å². The molecule has 1 atom stereocenters. The van der Waals surface area contributed by atoms with Crippen molar-refractivity contribution in [3.63, 3.8) is 0 Å². The molecule has 0 aliphatic carbocycles. The Balaban J connectivity index is 2.30. The number of nitrogens with zero attached hydrogens (tertiary/aromatic N) is 2. The molecule has 1 heterocycles. The lowest BCUT2D eigenvalue weighted by molar-refractivity contribution is 0.561. The van der Waals surface area contributed by atoms with Gasteiger partial charge in [0.05, 0.1) is 16.4 Å². The van der Waals surface area contributed by atoms with E-state index in [1.54, 1.807) is 0 Å². The van der Waals surface area contributed by atoms with Gasteiger partial charge >= 0.3 is 0 Å². The van der Waals surface area contributed by atoms with Crippen LogP contribution in [0.15, 0.2) is 24.3 Å². The molecule has 0 radical (unpaired) electrons. The topological polar surface area (TPSA) is 29.9 Å². The smallest absolute Gasteiger partial charge is 0.123 e. The van der Waals surface area contributed by atoms with Gasteiger partial charge in [-0.15, -0.1) is 0 Å². The average molecular weight is 310 g/mol. The third-order valence-corrected chi connectivity index (χ3v) is 4.18. The van der Waals surface area contributed by atoms with Gasteiger partial charge in [0.15, 0.2) is 0 Å². The highest BCUT2D eigenvalue weighted by Gasteiger charge is 2.19. The molecule has 0 amide bonds. The minimum atomic E-state index is -0.213. The molecule has 5 heteroatoms. The highest BCUT2D eigenvalue weighted by atomic mass is 35.5. The molecule has 0 saturated heterocycles. The van der Waals surface area contributed by atoms with E-state index in [1.807, 2.05) is 30.8 Å². The molecule has 1 aromatic carbocycles. The molecule has 3 nitrogen and oxygen atoms in total. The third kappa shape index (κ3) is 3.63. The number of aromatic nitrogens is 2. The number of aryl methyl sites for hydroxylation is 2. The van der Waals surface area contributed by atoms with Gasteiger partial charge in [-0.3, -0.25) is 4.68 Å². The number of hydrogen-bond acceptors (Lipinski definition) is 2. The van der Waals surface area contributed by atoms with Crippen molar-refractivity contribution >= 4 is 11.6 Å². The number of benzene rings is 1. The predicted octanol–water partition coefficient (Wildman–Crippen LogP) is 3.55. The molecule has 0 fully saturated rings. The summed E-state index contributed by atoms with van der Waals surface area (Å²) in [7, 11) is 1.92. The molecule has 1 unspecified atom stereocenters. The summed E-state index contributed by atoms with van der Waals surface area (Å²) in [5.41, 5.74) is 3.00. The predicted molar refractivity (Wildman–Crippen MR) is 84.4 cm³/mol. The lowest BCUT2D eigenvalue weighted by Gasteiger charge is -2.18. The quantitative estimate of drug-likeness (QED) is 0.884. The van der Waals surface area contributed by atoms with Gasteiger partial charge in [0.25, 0.3) is 0 Å². The molecule has 0 spiro atoms. The molecule has 21 heavy (non-hydrogen) atoms. The third-order valence-electron chi connectivity index (χ3n) is 3.68. The Morgan fingerprint density at radius 2 is 2.00 bits per heavy atom. The van der Waals surface area contributed by atoms with Crippen molar-refractivity contribution < 1.29 is 4.39 Å². The van der Waals surface area contributed by atoms with E-state index < -0.39 is 0 Å². The van der Waals surface area contributed by atoms with E-state index in [9.17, 15) is 4.39 Å². The van der Waals surface area contributed by atoms with Gasteiger partial charge in [-0.05, 0) is 45.0 Å². The molecule has 1 N–H and O–H groups in total. The molecular weight excluding hydrogens is 289 g/mol. The van der Waals surface area contributed by atoms with E-state index in [2.05, 4.69) is 17.3 Å². The molecule has 2 aromatic rings. The molecule has 0 saturated carbocycles. The lowest BCUT2D eigenvalue weighted by Crippen LogP contribution is -2.20. The van der Waals surface area contributed by atoms with E-state index in [0.717, 1.165) is 41.5 Å². The van der Waals surface area contributed by atoms with Crippen molar-refractivity contribution in [2.45, 2.75) is 32.7 Å². The Labute approximate surface area is 130 Å². The number of rotatable bonds is 6. The maximum Gasteiger partial charge on any atom is 0.123 e. The second-order valence-electron chi connectivity index (χ2n) is 5.17. The minimum Gasteiger partial charge on any atom is -0.319 e. The van der Waals surface area contributed by atoms with Crippen molar-refractivity contribution in [3.05, 3.63) is 52.1 Å². The van der Waals surface area contributed by atoms with Crippen molar-refractivity contribution in [2.24, 2.45) is 0 Å². The fraction of sp³-hybridized carbons (Fsp3) is 0.438. The first-order valence-corrected chi connectivity index (χ1v) is 7.56. The average Bonchev–Trinajstić information content (AvgIpc) is 2.75. The van der Waals surface area contributed by atoms with Gasteiger partial charge in [0.2, 0.25) is 0 Å². The summed E-state index contributed by atoms with van der Waals surface area (Å²) in [6.45, 7) is 5.56. The highest BCUT2D eigenvalue weighted by Crippen LogP contribution is 2.27. The van der Waals surface area contributed by atoms with Gasteiger partial charge in [0.1, 0.15) is 5.82 Å². The highest BCUT2D eigenvalue weighted by molar-refractivity contribution is 6.31. The second-order valence-corrected chi connectivity index (χ2v) is 5.55. The zero-order valence-electron chi connectivity index (χ0n) is 12.7. The largest absolute Gasteiger partial charge is 0.319 e. The van der Waals surface area contributed by atoms with Crippen molar-refractivity contribution in [3.8, 4) is 0 Å². The molecule has 114 valence electrons. The number of likely N-dealkylation sites (N-methyl/N-ethyl adjacent to an activating group) is 1. The SMILES string of the molecule is CCn1nc(C)c(Cl)c1CC(CNC)c1ccc(F)cc1. The van der Waals surface area contributed by atoms with Gasteiger partial charge < -0.3 is 5.32 Å². The van der Waals surface area contributed by atoms with Crippen LogP contribution in [0.1, 0.15) is 29.8 Å². The molecule has 0 aliphatic rings. The summed E-state index contributed by atoms with van der Waals surface area (Å²) in [5, 5.41) is 8.39. The normalized spacial score (nSPS) is 12.6. The van der Waals surface area contributed by atoms with Crippen LogP contribution in [-0.2, 0) is 13.0 Å². The Morgan fingerprint density at radius 3 is 2.57 bits per heavy atom. The summed E-state index contributed by atoms with van der Waals surface area (Å²) < 4.78 is 15.0. The Hall–Kier alpha value is -1.39. The van der Waals surface area contributed by atoms with E-state index in [-0.39, 0.29) is 11.7 Å². The zero-order chi connectivity index (χ0) is 15.4. The standard InChI is InChI=1S/C16H21ClFN3/c1-4-21-15(16(17)11(2)20-21)9-13(10-19-3)12-5-7-14(18)8-6-12/h5-8,13,19H,4,9-10H2,1-3H3. The van der Waals surface area contributed by atoms with E-state index >= 15 is 0 Å². The first-order valence-electron chi connectivity index (χ1n) is 7.18. The first-order chi connectivity index (χ1) is 10.1. The first kappa shape index (κ1) is 16.0. The van der Waals surface area contributed by atoms with Crippen molar-refractivity contribution in [1.29, 1.82) is 0 Å². The van der Waals surface area contributed by atoms with Crippen molar-refractivity contribution in [2.75, 3.05) is 13.6 Å². The van der Waals surface area contributed by atoms with E-state index in [1.165, 1.54) is 12.1 Å². The van der Waals surface area contributed by atoms with Crippen LogP contribution in [0, 0.1) is 12.7 Å². The van der Waals surface area contributed by atoms with Crippen LogP contribution in [0.4, 0.5) is 4.39 Å². The summed E-state index contributed by atoms with van der Waals surface area (Å²) in [6, 6.07) is 6.68. The summed E-state index contributed by atoms with van der Waals surface area (Å²) >= 11 is 6.39. The molecule has 2 rings (SSSR count). The zero-order valence-corrected chi connectivity index (χ0v) is 13.4. The number of halogens is 2. The fourth-order valence-electron chi connectivity index (χ4n) is 2.59. The lowest BCUT2D eigenvalue weighted by atomic mass is 9.94. The number of hydrogen-bond donors (Lipinski definition) is 1. The Kier molecular flexibility index (Phi) is 5.37. The Morgan fingerprint density at radius 1 is 1.33 bits per heavy atom. The maximum atomic E-state index is 13.1. The fourth-order valence-corrected chi connectivity index (χ4v) is 2.80. The van der Waals surface area contributed by atoms with Crippen LogP contribution < -0.4 is 5.32 Å². The van der Waals surface area contributed by atoms with Crippen LogP contribution in [0.3, 0.4) is 0 Å². The van der Waals surface area contributed by atoms with Crippen LogP contribution >= 0.6 is 11.6 Å². The monoisotopic (exact) mass is 309 g/mol. The van der Waals surface area contributed by atoms with Crippen LogP contribution in [0.2, 0.25) is 5.02 Å². The van der Waals surface area contributed by atoms with Crippen molar-refractivity contribution in [1.82, 2.24) is 15.1 Å².